The summed E-state index contributed by atoms with van der Waals surface area (Å²) in [5.41, 5.74) is 4.25. The standard InChI is InChI=1S/C25H26F2N8O/c1-15(2)34-23(36)20-12-30-24(31-18-4-3-17-11-28-7-5-16(17)9-18)32-22(20)35(34)19-6-8-29-21(10-19)33-13-25(26,27)14-33/h3-4,6,8-10,12,15,28H,5,7,11,13-14H2,1-2H3,(H,30,31,32). The Bertz CT molecular complexity index is 1520. The number of alkyl halides is 2. The van der Waals surface area contributed by atoms with Gasteiger partial charge in [0, 0.05) is 36.7 Å². The lowest BCUT2D eigenvalue weighted by atomic mass is 10.0. The highest BCUT2D eigenvalue weighted by Crippen LogP contribution is 2.32. The minimum atomic E-state index is -2.71. The average Bonchev–Trinajstić information content (AvgIpc) is 3.14. The van der Waals surface area contributed by atoms with Crippen LogP contribution in [0.4, 0.5) is 26.2 Å². The summed E-state index contributed by atoms with van der Waals surface area (Å²) in [7, 11) is 0. The van der Waals surface area contributed by atoms with E-state index in [-0.39, 0.29) is 24.7 Å². The topological polar surface area (TPSA) is 92.9 Å². The van der Waals surface area contributed by atoms with Gasteiger partial charge in [-0.25, -0.2) is 28.1 Å². The summed E-state index contributed by atoms with van der Waals surface area (Å²) in [4.78, 5) is 28.2. The van der Waals surface area contributed by atoms with Crippen molar-refractivity contribution < 1.29 is 8.78 Å². The molecule has 0 radical (unpaired) electrons. The maximum atomic E-state index is 13.4. The Morgan fingerprint density at radius 2 is 1.94 bits per heavy atom. The van der Waals surface area contributed by atoms with Gasteiger partial charge in [0.2, 0.25) is 5.95 Å². The minimum Gasteiger partial charge on any atom is -0.344 e. The van der Waals surface area contributed by atoms with Crippen LogP contribution in [0.25, 0.3) is 16.7 Å². The molecular weight excluding hydrogens is 466 g/mol. The lowest BCUT2D eigenvalue weighted by Crippen LogP contribution is -2.56. The molecule has 0 atom stereocenters. The molecule has 4 aromatic rings. The lowest BCUT2D eigenvalue weighted by molar-refractivity contribution is -0.0267. The minimum absolute atomic E-state index is 0.178. The summed E-state index contributed by atoms with van der Waals surface area (Å²) < 4.78 is 30.2. The first-order chi connectivity index (χ1) is 17.3. The Kier molecular flexibility index (Phi) is 5.25. The number of fused-ring (bicyclic) bond motifs is 2. The molecule has 0 saturated carbocycles. The number of halogens is 2. The second-order valence-corrected chi connectivity index (χ2v) is 9.61. The highest BCUT2D eigenvalue weighted by molar-refractivity contribution is 5.77. The third-order valence-corrected chi connectivity index (χ3v) is 6.60. The van der Waals surface area contributed by atoms with Gasteiger partial charge in [-0.2, -0.15) is 4.98 Å². The van der Waals surface area contributed by atoms with E-state index in [1.807, 2.05) is 19.9 Å². The van der Waals surface area contributed by atoms with Crippen LogP contribution in [0.15, 0.2) is 47.5 Å². The largest absolute Gasteiger partial charge is 0.344 e. The molecule has 5 heterocycles. The SMILES string of the molecule is CC(C)n1c(=O)c2cnc(Nc3ccc4c(c3)CCNC4)nc2n1-c1ccnc(N2CC(F)(F)C2)c1. The van der Waals surface area contributed by atoms with Gasteiger partial charge in [-0.1, -0.05) is 6.07 Å². The van der Waals surface area contributed by atoms with E-state index in [2.05, 4.69) is 32.7 Å². The number of nitrogens with one attached hydrogen (secondary N) is 2. The third kappa shape index (κ3) is 3.89. The highest BCUT2D eigenvalue weighted by Gasteiger charge is 2.44. The Morgan fingerprint density at radius 3 is 2.72 bits per heavy atom. The van der Waals surface area contributed by atoms with E-state index in [4.69, 9.17) is 4.98 Å². The molecule has 1 aromatic carbocycles. The van der Waals surface area contributed by atoms with Crippen molar-refractivity contribution in [3.05, 3.63) is 64.2 Å². The molecule has 1 saturated heterocycles. The van der Waals surface area contributed by atoms with E-state index in [1.54, 1.807) is 27.7 Å². The van der Waals surface area contributed by atoms with E-state index in [1.165, 1.54) is 22.2 Å². The smallest absolute Gasteiger partial charge is 0.282 e. The van der Waals surface area contributed by atoms with Crippen molar-refractivity contribution in [2.75, 3.05) is 29.9 Å². The molecule has 11 heteroatoms. The molecule has 36 heavy (non-hydrogen) atoms. The van der Waals surface area contributed by atoms with Crippen LogP contribution in [0.3, 0.4) is 0 Å². The lowest BCUT2D eigenvalue weighted by Gasteiger charge is -2.39. The second kappa shape index (κ2) is 8.37. The molecule has 6 rings (SSSR count). The summed E-state index contributed by atoms with van der Waals surface area (Å²) >= 11 is 0. The fourth-order valence-corrected chi connectivity index (χ4v) is 4.84. The number of hydrogen-bond donors (Lipinski definition) is 2. The van der Waals surface area contributed by atoms with Gasteiger partial charge in [0.05, 0.1) is 18.8 Å². The number of pyridine rings is 1. The molecule has 0 spiro atoms. The predicted octanol–water partition coefficient (Wildman–Crippen LogP) is 3.40. The van der Waals surface area contributed by atoms with E-state index < -0.39 is 5.92 Å². The first-order valence-corrected chi connectivity index (χ1v) is 12.0. The first kappa shape index (κ1) is 22.6. The molecule has 186 valence electrons. The second-order valence-electron chi connectivity index (χ2n) is 9.61. The van der Waals surface area contributed by atoms with Gasteiger partial charge in [-0.15, -0.1) is 0 Å². The van der Waals surface area contributed by atoms with Crippen LogP contribution < -0.4 is 21.1 Å². The van der Waals surface area contributed by atoms with Crippen LogP contribution in [0.2, 0.25) is 0 Å². The monoisotopic (exact) mass is 492 g/mol. The van der Waals surface area contributed by atoms with E-state index >= 15 is 0 Å². The summed E-state index contributed by atoms with van der Waals surface area (Å²) in [6, 6.07) is 9.46. The number of anilines is 3. The molecule has 0 amide bonds. The van der Waals surface area contributed by atoms with Crippen molar-refractivity contribution >= 4 is 28.5 Å². The molecule has 2 N–H and O–H groups in total. The Hall–Kier alpha value is -3.86. The Labute approximate surface area is 205 Å². The summed E-state index contributed by atoms with van der Waals surface area (Å²) in [6.45, 7) is 4.86. The van der Waals surface area contributed by atoms with Gasteiger partial charge in [-0.3, -0.25) is 4.79 Å². The van der Waals surface area contributed by atoms with Crippen LogP contribution in [-0.4, -0.2) is 49.9 Å². The molecule has 2 aliphatic heterocycles. The Balaban J connectivity index is 1.42. The van der Waals surface area contributed by atoms with Gasteiger partial charge in [0.15, 0.2) is 5.65 Å². The fraction of sp³-hybridized carbons (Fsp3) is 0.360. The third-order valence-electron chi connectivity index (χ3n) is 6.60. The number of nitrogens with zero attached hydrogens (tertiary/aromatic N) is 6. The number of hydrogen-bond acceptors (Lipinski definition) is 7. The van der Waals surface area contributed by atoms with Gasteiger partial charge >= 0.3 is 0 Å². The first-order valence-electron chi connectivity index (χ1n) is 12.0. The molecule has 0 unspecified atom stereocenters. The summed E-state index contributed by atoms with van der Waals surface area (Å²) in [5.74, 6) is -1.92. The van der Waals surface area contributed by atoms with Crippen LogP contribution in [0, 0.1) is 0 Å². The molecule has 9 nitrogen and oxygen atoms in total. The fourth-order valence-electron chi connectivity index (χ4n) is 4.84. The van der Waals surface area contributed by atoms with Crippen molar-refractivity contribution in [1.29, 1.82) is 0 Å². The van der Waals surface area contributed by atoms with E-state index in [9.17, 15) is 13.6 Å². The van der Waals surface area contributed by atoms with Crippen LogP contribution in [0.5, 0.6) is 0 Å². The average molecular weight is 493 g/mol. The summed E-state index contributed by atoms with van der Waals surface area (Å²) in [6.07, 6.45) is 4.04. The zero-order valence-electron chi connectivity index (χ0n) is 20.0. The number of aromatic nitrogens is 5. The van der Waals surface area contributed by atoms with E-state index in [0.29, 0.717) is 28.5 Å². The van der Waals surface area contributed by atoms with Crippen LogP contribution in [0.1, 0.15) is 31.0 Å². The number of rotatable bonds is 5. The van der Waals surface area contributed by atoms with E-state index in [0.717, 1.165) is 25.2 Å². The molecule has 0 bridgehead atoms. The Morgan fingerprint density at radius 1 is 1.11 bits per heavy atom. The van der Waals surface area contributed by atoms with Crippen molar-refractivity contribution in [1.82, 2.24) is 29.6 Å². The van der Waals surface area contributed by atoms with Gasteiger partial charge in [0.25, 0.3) is 11.5 Å². The maximum absolute atomic E-state index is 13.4. The normalized spacial score (nSPS) is 16.8. The molecule has 0 aliphatic carbocycles. The molecular formula is C25H26F2N8O. The highest BCUT2D eigenvalue weighted by atomic mass is 19.3. The number of benzene rings is 1. The molecule has 2 aliphatic rings. The zero-order chi connectivity index (χ0) is 25.0. The van der Waals surface area contributed by atoms with Gasteiger partial charge in [-0.05, 0) is 56.1 Å². The van der Waals surface area contributed by atoms with Crippen molar-refractivity contribution in [2.45, 2.75) is 38.8 Å². The maximum Gasteiger partial charge on any atom is 0.282 e. The predicted molar refractivity (Wildman–Crippen MR) is 134 cm³/mol. The molecule has 1 fully saturated rings. The van der Waals surface area contributed by atoms with Crippen LogP contribution >= 0.6 is 0 Å². The van der Waals surface area contributed by atoms with Gasteiger partial charge in [0.1, 0.15) is 11.2 Å². The van der Waals surface area contributed by atoms with Crippen LogP contribution in [-0.2, 0) is 13.0 Å². The van der Waals surface area contributed by atoms with Crippen molar-refractivity contribution in [2.24, 2.45) is 0 Å². The summed E-state index contributed by atoms with van der Waals surface area (Å²) in [5, 5.41) is 7.01. The van der Waals surface area contributed by atoms with Crippen molar-refractivity contribution in [3.8, 4) is 5.69 Å². The zero-order valence-corrected chi connectivity index (χ0v) is 20.0. The molecule has 3 aromatic heterocycles. The van der Waals surface area contributed by atoms with Crippen molar-refractivity contribution in [3.63, 3.8) is 0 Å². The quantitative estimate of drug-likeness (QED) is 0.441. The van der Waals surface area contributed by atoms with Gasteiger partial charge < -0.3 is 15.5 Å².